The van der Waals surface area contributed by atoms with Crippen molar-refractivity contribution in [3.05, 3.63) is 28.9 Å². The summed E-state index contributed by atoms with van der Waals surface area (Å²) in [5, 5.41) is 10.0. The highest BCUT2D eigenvalue weighted by atomic mass is 16.3. The number of imidazole rings is 1. The number of nitrogens with zero attached hydrogens (tertiary/aromatic N) is 3. The lowest BCUT2D eigenvalue weighted by Gasteiger charge is -2.33. The lowest BCUT2D eigenvalue weighted by Crippen LogP contribution is -2.39. The Morgan fingerprint density at radius 1 is 1.43 bits per heavy atom. The van der Waals surface area contributed by atoms with Gasteiger partial charge in [0.1, 0.15) is 5.65 Å². The van der Waals surface area contributed by atoms with Crippen molar-refractivity contribution < 1.29 is 5.11 Å². The lowest BCUT2D eigenvalue weighted by atomic mass is 10.0. The van der Waals surface area contributed by atoms with E-state index in [4.69, 9.17) is 5.11 Å². The number of piperidine rings is 1. The highest BCUT2D eigenvalue weighted by molar-refractivity contribution is 6.00. The van der Waals surface area contributed by atoms with Gasteiger partial charge in [-0.25, -0.2) is 9.78 Å². The number of pyridine rings is 1. The molecule has 7 heteroatoms. The van der Waals surface area contributed by atoms with Crippen LogP contribution in [-0.2, 0) is 0 Å². The maximum absolute atomic E-state index is 12.5. The van der Waals surface area contributed by atoms with Crippen LogP contribution in [0.5, 0.6) is 0 Å². The molecule has 0 spiro atoms. The summed E-state index contributed by atoms with van der Waals surface area (Å²) in [7, 11) is 0. The molecule has 1 aliphatic rings. The average Bonchev–Trinajstić information content (AvgIpc) is 3.16. The molecule has 0 aromatic carbocycles. The molecule has 122 valence electrons. The second-order valence-electron chi connectivity index (χ2n) is 6.23. The molecule has 1 atom stereocenters. The van der Waals surface area contributed by atoms with Crippen LogP contribution in [0.15, 0.2) is 23.3 Å². The summed E-state index contributed by atoms with van der Waals surface area (Å²) in [6.07, 6.45) is 6.42. The van der Waals surface area contributed by atoms with Crippen molar-refractivity contribution in [2.75, 3.05) is 26.2 Å². The lowest BCUT2D eigenvalue weighted by molar-refractivity contribution is 0.161. The van der Waals surface area contributed by atoms with Gasteiger partial charge in [0.25, 0.3) is 0 Å². The van der Waals surface area contributed by atoms with Gasteiger partial charge in [0.05, 0.1) is 23.3 Å². The van der Waals surface area contributed by atoms with Crippen molar-refractivity contribution in [3.8, 4) is 0 Å². The molecule has 0 aliphatic carbocycles. The van der Waals surface area contributed by atoms with Gasteiger partial charge in [0.2, 0.25) is 0 Å². The molecular weight excluding hydrogens is 294 g/mol. The van der Waals surface area contributed by atoms with Gasteiger partial charge in [-0.2, -0.15) is 0 Å². The zero-order valence-electron chi connectivity index (χ0n) is 13.0. The van der Waals surface area contributed by atoms with E-state index in [1.807, 2.05) is 16.8 Å². The molecule has 0 bridgehead atoms. The van der Waals surface area contributed by atoms with Crippen LogP contribution in [0.25, 0.3) is 22.1 Å². The standard InChI is InChI=1S/C16H21N5O2/c22-8-2-7-20-6-1-3-11(10-20)21-14-12-4-5-17-15(12)18-9-13(14)19-16(21)23/h4-5,9,11,22H,1-3,6-8,10H2,(H,17,18)(H,19,23)/t11-/m1/s1. The van der Waals surface area contributed by atoms with E-state index in [2.05, 4.69) is 19.9 Å². The number of aliphatic hydroxyl groups is 1. The summed E-state index contributed by atoms with van der Waals surface area (Å²) in [6, 6.07) is 2.13. The van der Waals surface area contributed by atoms with Gasteiger partial charge >= 0.3 is 5.69 Å². The normalized spacial score (nSPS) is 19.8. The van der Waals surface area contributed by atoms with Crippen LogP contribution in [0.1, 0.15) is 25.3 Å². The number of fused-ring (bicyclic) bond motifs is 3. The predicted octanol–water partition coefficient (Wildman–Crippen LogP) is 1.23. The number of hydrogen-bond donors (Lipinski definition) is 3. The topological polar surface area (TPSA) is 89.9 Å². The van der Waals surface area contributed by atoms with E-state index in [0.29, 0.717) is 0 Å². The number of rotatable bonds is 4. The second kappa shape index (κ2) is 5.82. The number of hydrogen-bond acceptors (Lipinski definition) is 4. The SMILES string of the molecule is O=c1[nH]c2cnc3[nH]ccc3c2n1[C@@H]1CCCN(CCCO)C1. The Labute approximate surface area is 132 Å². The summed E-state index contributed by atoms with van der Waals surface area (Å²) in [5.41, 5.74) is 2.47. The van der Waals surface area contributed by atoms with Crippen LogP contribution in [0.2, 0.25) is 0 Å². The number of aliphatic hydroxyl groups excluding tert-OH is 1. The third kappa shape index (κ3) is 2.46. The second-order valence-corrected chi connectivity index (χ2v) is 6.23. The first kappa shape index (κ1) is 14.5. The molecule has 1 aliphatic heterocycles. The van der Waals surface area contributed by atoms with Gasteiger partial charge < -0.3 is 20.0 Å². The van der Waals surface area contributed by atoms with E-state index in [1.165, 1.54) is 0 Å². The number of H-pyrrole nitrogens is 2. The van der Waals surface area contributed by atoms with Crippen molar-refractivity contribution in [2.45, 2.75) is 25.3 Å². The zero-order valence-corrected chi connectivity index (χ0v) is 13.0. The molecule has 4 heterocycles. The van der Waals surface area contributed by atoms with E-state index in [0.717, 1.165) is 61.0 Å². The molecule has 1 fully saturated rings. The fraction of sp³-hybridized carbons (Fsp3) is 0.500. The van der Waals surface area contributed by atoms with Crippen molar-refractivity contribution in [2.24, 2.45) is 0 Å². The Hall–Kier alpha value is -2.12. The smallest absolute Gasteiger partial charge is 0.326 e. The van der Waals surface area contributed by atoms with Crippen LogP contribution >= 0.6 is 0 Å². The van der Waals surface area contributed by atoms with E-state index in [1.54, 1.807) is 6.20 Å². The molecular formula is C16H21N5O2. The van der Waals surface area contributed by atoms with E-state index < -0.39 is 0 Å². The van der Waals surface area contributed by atoms with Gasteiger partial charge in [0.15, 0.2) is 0 Å². The maximum Gasteiger partial charge on any atom is 0.326 e. The van der Waals surface area contributed by atoms with E-state index >= 15 is 0 Å². The average molecular weight is 315 g/mol. The Bertz CT molecular complexity index is 877. The van der Waals surface area contributed by atoms with Crippen LogP contribution in [0, 0.1) is 0 Å². The number of nitrogens with one attached hydrogen (secondary N) is 2. The molecule has 0 radical (unpaired) electrons. The molecule has 7 nitrogen and oxygen atoms in total. The van der Waals surface area contributed by atoms with Crippen LogP contribution in [0.3, 0.4) is 0 Å². The Balaban J connectivity index is 1.77. The van der Waals surface area contributed by atoms with Crippen molar-refractivity contribution in [3.63, 3.8) is 0 Å². The van der Waals surface area contributed by atoms with Gasteiger partial charge in [-0.1, -0.05) is 0 Å². The number of aromatic nitrogens is 4. The third-order valence-corrected chi connectivity index (χ3v) is 4.74. The third-order valence-electron chi connectivity index (χ3n) is 4.74. The molecule has 0 saturated carbocycles. The van der Waals surface area contributed by atoms with Crippen LogP contribution < -0.4 is 5.69 Å². The molecule has 4 rings (SSSR count). The van der Waals surface area contributed by atoms with Crippen LogP contribution in [-0.4, -0.2) is 55.8 Å². The number of likely N-dealkylation sites (tertiary alicyclic amines) is 1. The molecule has 1 saturated heterocycles. The molecule has 3 aromatic heterocycles. The molecule has 0 amide bonds. The first-order valence-electron chi connectivity index (χ1n) is 8.17. The fourth-order valence-corrected chi connectivity index (χ4v) is 3.71. The largest absolute Gasteiger partial charge is 0.396 e. The Morgan fingerprint density at radius 2 is 2.35 bits per heavy atom. The first-order valence-corrected chi connectivity index (χ1v) is 8.17. The summed E-state index contributed by atoms with van der Waals surface area (Å²) >= 11 is 0. The summed E-state index contributed by atoms with van der Waals surface area (Å²) in [6.45, 7) is 2.98. The zero-order chi connectivity index (χ0) is 15.8. The summed E-state index contributed by atoms with van der Waals surface area (Å²) in [4.78, 5) is 25.3. The van der Waals surface area contributed by atoms with Crippen LogP contribution in [0.4, 0.5) is 0 Å². The first-order chi connectivity index (χ1) is 11.3. The quantitative estimate of drug-likeness (QED) is 0.675. The van der Waals surface area contributed by atoms with Gasteiger partial charge in [-0.3, -0.25) is 4.57 Å². The fourth-order valence-electron chi connectivity index (χ4n) is 3.71. The van der Waals surface area contributed by atoms with E-state index in [9.17, 15) is 4.79 Å². The van der Waals surface area contributed by atoms with Crippen molar-refractivity contribution in [1.82, 2.24) is 24.4 Å². The monoisotopic (exact) mass is 315 g/mol. The highest BCUT2D eigenvalue weighted by Gasteiger charge is 2.25. The van der Waals surface area contributed by atoms with E-state index in [-0.39, 0.29) is 18.3 Å². The Kier molecular flexibility index (Phi) is 3.66. The predicted molar refractivity (Wildman–Crippen MR) is 88.6 cm³/mol. The molecule has 3 N–H and O–H groups in total. The van der Waals surface area contributed by atoms with Crippen molar-refractivity contribution in [1.29, 1.82) is 0 Å². The highest BCUT2D eigenvalue weighted by Crippen LogP contribution is 2.27. The molecule has 23 heavy (non-hydrogen) atoms. The minimum atomic E-state index is -0.0653. The molecule has 3 aromatic rings. The number of aromatic amines is 2. The van der Waals surface area contributed by atoms with Gasteiger partial charge in [-0.15, -0.1) is 0 Å². The maximum atomic E-state index is 12.5. The van der Waals surface area contributed by atoms with Gasteiger partial charge in [-0.05, 0) is 31.9 Å². The molecule has 0 unspecified atom stereocenters. The minimum Gasteiger partial charge on any atom is -0.396 e. The van der Waals surface area contributed by atoms with Gasteiger partial charge in [0, 0.05) is 31.3 Å². The Morgan fingerprint density at radius 3 is 3.22 bits per heavy atom. The summed E-state index contributed by atoms with van der Waals surface area (Å²) < 4.78 is 1.90. The summed E-state index contributed by atoms with van der Waals surface area (Å²) in [5.74, 6) is 0. The minimum absolute atomic E-state index is 0.0653. The van der Waals surface area contributed by atoms with Crippen molar-refractivity contribution >= 4 is 22.1 Å².